The summed E-state index contributed by atoms with van der Waals surface area (Å²) in [7, 11) is 1.56. The molecule has 2 bridgehead atoms. The first-order valence-electron chi connectivity index (χ1n) is 8.38. The predicted octanol–water partition coefficient (Wildman–Crippen LogP) is 1.37. The summed E-state index contributed by atoms with van der Waals surface area (Å²) in [5.41, 5.74) is 0.587. The van der Waals surface area contributed by atoms with Crippen molar-refractivity contribution in [2.75, 3.05) is 19.0 Å². The lowest BCUT2D eigenvalue weighted by Gasteiger charge is -2.22. The van der Waals surface area contributed by atoms with E-state index >= 15 is 0 Å². The van der Waals surface area contributed by atoms with Crippen LogP contribution in [0.15, 0.2) is 24.3 Å². The molecule has 7 heteroatoms. The Hall–Kier alpha value is -2.57. The van der Waals surface area contributed by atoms with E-state index in [1.165, 1.54) is 0 Å². The molecule has 1 aromatic rings. The average Bonchev–Trinajstić information content (AvgIpc) is 3.22. The fraction of sp³-hybridized carbons (Fsp3) is 0.500. The highest BCUT2D eigenvalue weighted by molar-refractivity contribution is 5.93. The van der Waals surface area contributed by atoms with Crippen molar-refractivity contribution in [3.05, 3.63) is 24.3 Å². The molecule has 0 unspecified atom stereocenters. The minimum absolute atomic E-state index is 0.0232. The summed E-state index contributed by atoms with van der Waals surface area (Å²) >= 11 is 0. The van der Waals surface area contributed by atoms with Gasteiger partial charge in [0.2, 0.25) is 0 Å². The quantitative estimate of drug-likeness (QED) is 0.811. The van der Waals surface area contributed by atoms with Gasteiger partial charge in [-0.15, -0.1) is 0 Å². The van der Waals surface area contributed by atoms with Crippen LogP contribution >= 0.6 is 0 Å². The first-order valence-corrected chi connectivity index (χ1v) is 8.38. The molecule has 1 heterocycles. The Balaban J connectivity index is 1.31. The minimum atomic E-state index is -0.473. The zero-order valence-corrected chi connectivity index (χ0v) is 13.8. The van der Waals surface area contributed by atoms with E-state index in [4.69, 9.17) is 14.2 Å². The number of esters is 2. The third-order valence-corrected chi connectivity index (χ3v) is 5.47. The Labute approximate surface area is 144 Å². The molecule has 1 amide bonds. The number of fused-ring (bicyclic) bond motifs is 1. The lowest BCUT2D eigenvalue weighted by atomic mass is 9.80. The van der Waals surface area contributed by atoms with E-state index < -0.39 is 17.8 Å². The van der Waals surface area contributed by atoms with Crippen molar-refractivity contribution in [1.29, 1.82) is 0 Å². The Kier molecular flexibility index (Phi) is 3.86. The summed E-state index contributed by atoms with van der Waals surface area (Å²) in [4.78, 5) is 36.3. The standard InChI is InChI=1S/C18H19NO6/c1-23-11-4-2-10(3-5-11)19-14(20)8-24-17(21)15-9-6-12-13(7-9)25-18(22)16(12)15/h2-5,9,12-13,15-16H,6-8H2,1H3,(H,19,20)/t9-,12+,13+,15-,16+/m1/s1. The van der Waals surface area contributed by atoms with Crippen LogP contribution in [0.4, 0.5) is 5.69 Å². The molecule has 3 fully saturated rings. The van der Waals surface area contributed by atoms with Crippen molar-refractivity contribution < 1.29 is 28.6 Å². The normalized spacial score (nSPS) is 31.6. The molecular formula is C18H19NO6. The van der Waals surface area contributed by atoms with Crippen molar-refractivity contribution in [1.82, 2.24) is 0 Å². The molecule has 7 nitrogen and oxygen atoms in total. The van der Waals surface area contributed by atoms with Crippen LogP contribution in [0.3, 0.4) is 0 Å². The third-order valence-electron chi connectivity index (χ3n) is 5.47. The molecule has 0 aromatic heterocycles. The van der Waals surface area contributed by atoms with E-state index in [0.717, 1.165) is 12.8 Å². The van der Waals surface area contributed by atoms with Crippen LogP contribution in [0, 0.1) is 23.7 Å². The van der Waals surface area contributed by atoms with Gasteiger partial charge in [0.1, 0.15) is 11.9 Å². The Morgan fingerprint density at radius 2 is 2.00 bits per heavy atom. The first kappa shape index (κ1) is 15.9. The van der Waals surface area contributed by atoms with Crippen LogP contribution in [0.1, 0.15) is 12.8 Å². The molecule has 4 rings (SSSR count). The van der Waals surface area contributed by atoms with Crippen LogP contribution in [0.2, 0.25) is 0 Å². The number of nitrogens with one attached hydrogen (secondary N) is 1. The molecule has 1 aromatic carbocycles. The second-order valence-corrected chi connectivity index (χ2v) is 6.81. The van der Waals surface area contributed by atoms with Gasteiger partial charge in [0.25, 0.3) is 5.91 Å². The SMILES string of the molecule is COc1ccc(NC(=O)COC(=O)[C@@H]2[C@@H]3C[C@@H]4[C@@H]2C(=O)O[C@H]4C3)cc1. The topological polar surface area (TPSA) is 90.9 Å². The number of hydrogen-bond donors (Lipinski definition) is 1. The lowest BCUT2D eigenvalue weighted by Crippen LogP contribution is -2.34. The number of anilines is 1. The van der Waals surface area contributed by atoms with Crippen molar-refractivity contribution >= 4 is 23.5 Å². The number of carbonyl (C=O) groups is 3. The Morgan fingerprint density at radius 3 is 2.72 bits per heavy atom. The van der Waals surface area contributed by atoms with Gasteiger partial charge >= 0.3 is 11.9 Å². The summed E-state index contributed by atoms with van der Waals surface area (Å²) in [5, 5.41) is 2.65. The summed E-state index contributed by atoms with van der Waals surface area (Å²) in [5.74, 6) is -1.09. The molecule has 0 radical (unpaired) electrons. The number of amides is 1. The summed E-state index contributed by atoms with van der Waals surface area (Å²) in [6, 6.07) is 6.84. The monoisotopic (exact) mass is 345 g/mol. The van der Waals surface area contributed by atoms with Gasteiger partial charge in [0.05, 0.1) is 18.9 Å². The minimum Gasteiger partial charge on any atom is -0.497 e. The molecule has 1 N–H and O–H groups in total. The van der Waals surface area contributed by atoms with Crippen LogP contribution in [0.5, 0.6) is 5.75 Å². The number of benzene rings is 1. The fourth-order valence-corrected chi connectivity index (χ4v) is 4.43. The van der Waals surface area contributed by atoms with Gasteiger partial charge in [-0.25, -0.2) is 0 Å². The van der Waals surface area contributed by atoms with E-state index in [1.807, 2.05) is 0 Å². The molecule has 25 heavy (non-hydrogen) atoms. The number of carbonyl (C=O) groups excluding carboxylic acids is 3. The highest BCUT2D eigenvalue weighted by Gasteiger charge is 2.64. The van der Waals surface area contributed by atoms with Crippen molar-refractivity contribution in [3.8, 4) is 5.75 Å². The molecule has 2 aliphatic carbocycles. The van der Waals surface area contributed by atoms with Gasteiger partial charge in [0.15, 0.2) is 6.61 Å². The van der Waals surface area contributed by atoms with Crippen LogP contribution in [-0.2, 0) is 23.9 Å². The van der Waals surface area contributed by atoms with Gasteiger partial charge in [-0.3, -0.25) is 14.4 Å². The summed E-state index contributed by atoms with van der Waals surface area (Å²) < 4.78 is 15.5. The van der Waals surface area contributed by atoms with Crippen LogP contribution < -0.4 is 10.1 Å². The smallest absolute Gasteiger partial charge is 0.310 e. The summed E-state index contributed by atoms with van der Waals surface area (Å²) in [6.45, 7) is -0.371. The van der Waals surface area contributed by atoms with Gasteiger partial charge in [0, 0.05) is 11.6 Å². The molecular weight excluding hydrogens is 326 g/mol. The molecule has 1 saturated heterocycles. The highest BCUT2D eigenvalue weighted by Crippen LogP contribution is 2.57. The van der Waals surface area contributed by atoms with E-state index in [0.29, 0.717) is 11.4 Å². The fourth-order valence-electron chi connectivity index (χ4n) is 4.43. The van der Waals surface area contributed by atoms with E-state index in [-0.39, 0.29) is 36.4 Å². The van der Waals surface area contributed by atoms with E-state index in [9.17, 15) is 14.4 Å². The van der Waals surface area contributed by atoms with Crippen LogP contribution in [-0.4, -0.2) is 37.7 Å². The third kappa shape index (κ3) is 2.73. The second-order valence-electron chi connectivity index (χ2n) is 6.81. The number of methoxy groups -OCH3 is 1. The van der Waals surface area contributed by atoms with Crippen molar-refractivity contribution in [2.45, 2.75) is 18.9 Å². The Morgan fingerprint density at radius 1 is 1.24 bits per heavy atom. The van der Waals surface area contributed by atoms with Crippen molar-refractivity contribution in [3.63, 3.8) is 0 Å². The van der Waals surface area contributed by atoms with Gasteiger partial charge in [-0.05, 0) is 43.0 Å². The zero-order valence-electron chi connectivity index (χ0n) is 13.8. The number of rotatable bonds is 5. The molecule has 2 saturated carbocycles. The maximum absolute atomic E-state index is 12.4. The molecule has 0 spiro atoms. The maximum Gasteiger partial charge on any atom is 0.310 e. The first-order chi connectivity index (χ1) is 12.1. The zero-order chi connectivity index (χ0) is 17.6. The van der Waals surface area contributed by atoms with E-state index in [1.54, 1.807) is 31.4 Å². The van der Waals surface area contributed by atoms with Gasteiger partial charge < -0.3 is 19.5 Å². The highest BCUT2D eigenvalue weighted by atomic mass is 16.6. The average molecular weight is 345 g/mol. The molecule has 5 atom stereocenters. The number of ether oxygens (including phenoxy) is 3. The van der Waals surface area contributed by atoms with Crippen molar-refractivity contribution in [2.24, 2.45) is 23.7 Å². The molecule has 1 aliphatic heterocycles. The molecule has 132 valence electrons. The second kappa shape index (κ2) is 6.06. The predicted molar refractivity (Wildman–Crippen MR) is 85.7 cm³/mol. The van der Waals surface area contributed by atoms with Crippen LogP contribution in [0.25, 0.3) is 0 Å². The molecule has 3 aliphatic rings. The van der Waals surface area contributed by atoms with E-state index in [2.05, 4.69) is 5.32 Å². The maximum atomic E-state index is 12.4. The number of hydrogen-bond acceptors (Lipinski definition) is 6. The van der Waals surface area contributed by atoms with Gasteiger partial charge in [-0.1, -0.05) is 0 Å². The lowest BCUT2D eigenvalue weighted by molar-refractivity contribution is -0.157. The largest absolute Gasteiger partial charge is 0.497 e. The van der Waals surface area contributed by atoms with Gasteiger partial charge in [-0.2, -0.15) is 0 Å². The Bertz CT molecular complexity index is 713. The summed E-state index contributed by atoms with van der Waals surface area (Å²) in [6.07, 6.45) is 1.54.